The third kappa shape index (κ3) is 1.25. The van der Waals surface area contributed by atoms with E-state index in [1.165, 1.54) is 18.5 Å². The summed E-state index contributed by atoms with van der Waals surface area (Å²) in [6.07, 6.45) is 4.31. The Bertz CT molecular complexity index is 310. The van der Waals surface area contributed by atoms with Crippen molar-refractivity contribution in [3.8, 4) is 0 Å². The molecule has 1 atom stereocenters. The van der Waals surface area contributed by atoms with E-state index in [2.05, 4.69) is 29.5 Å². The standard InChI is InChI=1S/C10H18N4/c1-8(2)10(5-4-6-11-10)9-7-12-13-14(9)3/h7-8,11H,4-6H2,1-3H3. The Morgan fingerprint density at radius 2 is 2.36 bits per heavy atom. The highest BCUT2D eigenvalue weighted by molar-refractivity contribution is 5.15. The molecule has 0 aromatic carbocycles. The summed E-state index contributed by atoms with van der Waals surface area (Å²) in [7, 11) is 1.96. The Morgan fingerprint density at radius 3 is 2.79 bits per heavy atom. The lowest BCUT2D eigenvalue weighted by molar-refractivity contribution is 0.259. The predicted molar refractivity (Wildman–Crippen MR) is 54.8 cm³/mol. The van der Waals surface area contributed by atoms with Gasteiger partial charge in [-0.15, -0.1) is 5.10 Å². The average molecular weight is 194 g/mol. The predicted octanol–water partition coefficient (Wildman–Crippen LogP) is 1.05. The van der Waals surface area contributed by atoms with Gasteiger partial charge in [-0.1, -0.05) is 19.1 Å². The molecule has 0 aliphatic carbocycles. The molecule has 1 saturated heterocycles. The summed E-state index contributed by atoms with van der Waals surface area (Å²) in [6.45, 7) is 5.61. The van der Waals surface area contributed by atoms with Crippen molar-refractivity contribution in [2.45, 2.75) is 32.2 Å². The van der Waals surface area contributed by atoms with Crippen molar-refractivity contribution in [3.05, 3.63) is 11.9 Å². The zero-order chi connectivity index (χ0) is 10.2. The zero-order valence-electron chi connectivity index (χ0n) is 9.12. The molecule has 1 aliphatic heterocycles. The number of nitrogens with one attached hydrogen (secondary N) is 1. The highest BCUT2D eigenvalue weighted by Gasteiger charge is 2.40. The van der Waals surface area contributed by atoms with Crippen LogP contribution >= 0.6 is 0 Å². The molecule has 0 amide bonds. The fraction of sp³-hybridized carbons (Fsp3) is 0.800. The van der Waals surface area contributed by atoms with Crippen molar-refractivity contribution < 1.29 is 0 Å². The normalized spacial score (nSPS) is 27.4. The van der Waals surface area contributed by atoms with Crippen molar-refractivity contribution >= 4 is 0 Å². The fourth-order valence-electron chi connectivity index (χ4n) is 2.47. The third-order valence-corrected chi connectivity index (χ3v) is 3.35. The van der Waals surface area contributed by atoms with Gasteiger partial charge in [-0.25, -0.2) is 0 Å². The molecule has 2 rings (SSSR count). The van der Waals surface area contributed by atoms with E-state index in [9.17, 15) is 0 Å². The van der Waals surface area contributed by atoms with Crippen LogP contribution in [0.3, 0.4) is 0 Å². The average Bonchev–Trinajstić information content (AvgIpc) is 2.72. The van der Waals surface area contributed by atoms with Gasteiger partial charge in [0.15, 0.2) is 0 Å². The van der Waals surface area contributed by atoms with E-state index in [1.54, 1.807) is 0 Å². The molecule has 4 heteroatoms. The van der Waals surface area contributed by atoms with Gasteiger partial charge in [0.2, 0.25) is 0 Å². The van der Waals surface area contributed by atoms with Crippen LogP contribution in [0.1, 0.15) is 32.4 Å². The highest BCUT2D eigenvalue weighted by atomic mass is 15.4. The van der Waals surface area contributed by atoms with Crippen LogP contribution in [0.5, 0.6) is 0 Å². The monoisotopic (exact) mass is 194 g/mol. The number of nitrogens with zero attached hydrogens (tertiary/aromatic N) is 3. The Hall–Kier alpha value is -0.900. The van der Waals surface area contributed by atoms with Crippen LogP contribution in [0.2, 0.25) is 0 Å². The Labute approximate surface area is 84.7 Å². The molecule has 78 valence electrons. The first kappa shape index (κ1) is 9.65. The first-order valence-electron chi connectivity index (χ1n) is 5.27. The molecule has 0 spiro atoms. The SMILES string of the molecule is CC(C)C1(c2cnnn2C)CCCN1. The molecule has 1 aromatic heterocycles. The minimum Gasteiger partial charge on any atom is -0.306 e. The minimum absolute atomic E-state index is 0.0955. The summed E-state index contributed by atoms with van der Waals surface area (Å²) >= 11 is 0. The van der Waals surface area contributed by atoms with Gasteiger partial charge < -0.3 is 5.32 Å². The number of aryl methyl sites for hydroxylation is 1. The van der Waals surface area contributed by atoms with E-state index in [0.29, 0.717) is 5.92 Å². The van der Waals surface area contributed by atoms with E-state index in [-0.39, 0.29) is 5.54 Å². The van der Waals surface area contributed by atoms with Crippen molar-refractivity contribution in [1.29, 1.82) is 0 Å². The lowest BCUT2D eigenvalue weighted by atomic mass is 9.82. The maximum atomic E-state index is 4.02. The molecule has 1 fully saturated rings. The number of rotatable bonds is 2. The third-order valence-electron chi connectivity index (χ3n) is 3.35. The Morgan fingerprint density at radius 1 is 1.57 bits per heavy atom. The molecule has 1 N–H and O–H groups in total. The summed E-state index contributed by atoms with van der Waals surface area (Å²) < 4.78 is 1.89. The van der Waals surface area contributed by atoms with Crippen LogP contribution in [0, 0.1) is 5.92 Å². The molecule has 4 nitrogen and oxygen atoms in total. The van der Waals surface area contributed by atoms with Crippen LogP contribution in [0.15, 0.2) is 6.20 Å². The quantitative estimate of drug-likeness (QED) is 0.765. The Balaban J connectivity index is 2.41. The van der Waals surface area contributed by atoms with Crippen molar-refractivity contribution in [3.63, 3.8) is 0 Å². The maximum absolute atomic E-state index is 4.02. The van der Waals surface area contributed by atoms with Gasteiger partial charge in [0.05, 0.1) is 17.4 Å². The number of aromatic nitrogens is 3. The number of hydrogen-bond acceptors (Lipinski definition) is 3. The summed E-state index contributed by atoms with van der Waals surface area (Å²) in [4.78, 5) is 0. The van der Waals surface area contributed by atoms with Gasteiger partial charge in [-0.3, -0.25) is 4.68 Å². The lowest BCUT2D eigenvalue weighted by Crippen LogP contribution is -2.43. The second-order valence-corrected chi connectivity index (χ2v) is 4.40. The van der Waals surface area contributed by atoms with Crippen LogP contribution < -0.4 is 5.32 Å². The topological polar surface area (TPSA) is 42.7 Å². The number of hydrogen-bond donors (Lipinski definition) is 1. The summed E-state index contributed by atoms with van der Waals surface area (Å²) in [5.41, 5.74) is 1.31. The van der Waals surface area contributed by atoms with E-state index in [1.807, 2.05) is 17.9 Å². The molecular formula is C10H18N4. The molecule has 2 heterocycles. The van der Waals surface area contributed by atoms with E-state index in [4.69, 9.17) is 0 Å². The van der Waals surface area contributed by atoms with Gasteiger partial charge in [-0.05, 0) is 25.3 Å². The maximum Gasteiger partial charge on any atom is 0.0787 e. The largest absolute Gasteiger partial charge is 0.306 e. The lowest BCUT2D eigenvalue weighted by Gasteiger charge is -2.33. The molecule has 1 aromatic rings. The van der Waals surface area contributed by atoms with Gasteiger partial charge in [0, 0.05) is 7.05 Å². The molecule has 0 saturated carbocycles. The van der Waals surface area contributed by atoms with E-state index < -0.39 is 0 Å². The second kappa shape index (κ2) is 3.35. The summed E-state index contributed by atoms with van der Waals surface area (Å²) in [6, 6.07) is 0. The molecule has 14 heavy (non-hydrogen) atoms. The molecule has 0 radical (unpaired) electrons. The highest BCUT2D eigenvalue weighted by Crippen LogP contribution is 2.36. The van der Waals surface area contributed by atoms with E-state index >= 15 is 0 Å². The molecule has 1 aliphatic rings. The van der Waals surface area contributed by atoms with Gasteiger partial charge in [0.25, 0.3) is 0 Å². The molecular weight excluding hydrogens is 176 g/mol. The van der Waals surface area contributed by atoms with Gasteiger partial charge in [0.1, 0.15) is 0 Å². The molecule has 0 bridgehead atoms. The summed E-state index contributed by atoms with van der Waals surface area (Å²) in [5, 5.41) is 11.6. The van der Waals surface area contributed by atoms with Crippen molar-refractivity contribution in [2.75, 3.05) is 6.54 Å². The van der Waals surface area contributed by atoms with Crippen LogP contribution in [0.25, 0.3) is 0 Å². The zero-order valence-corrected chi connectivity index (χ0v) is 9.12. The second-order valence-electron chi connectivity index (χ2n) is 4.40. The first-order chi connectivity index (χ1) is 6.67. The van der Waals surface area contributed by atoms with Gasteiger partial charge in [-0.2, -0.15) is 0 Å². The smallest absolute Gasteiger partial charge is 0.0787 e. The molecule has 1 unspecified atom stereocenters. The van der Waals surface area contributed by atoms with Gasteiger partial charge >= 0.3 is 0 Å². The van der Waals surface area contributed by atoms with Crippen molar-refractivity contribution in [2.24, 2.45) is 13.0 Å². The van der Waals surface area contributed by atoms with Crippen LogP contribution in [-0.4, -0.2) is 21.5 Å². The van der Waals surface area contributed by atoms with Crippen molar-refractivity contribution in [1.82, 2.24) is 20.3 Å². The van der Waals surface area contributed by atoms with Crippen LogP contribution in [0.4, 0.5) is 0 Å². The summed E-state index contributed by atoms with van der Waals surface area (Å²) in [5.74, 6) is 0.571. The fourth-order valence-corrected chi connectivity index (χ4v) is 2.47. The first-order valence-corrected chi connectivity index (χ1v) is 5.27. The minimum atomic E-state index is 0.0955. The van der Waals surface area contributed by atoms with Crippen LogP contribution in [-0.2, 0) is 12.6 Å². The Kier molecular flexibility index (Phi) is 2.31. The van der Waals surface area contributed by atoms with E-state index in [0.717, 1.165) is 6.54 Å².